The van der Waals surface area contributed by atoms with E-state index in [0.717, 1.165) is 45.4 Å². The molecule has 2 aliphatic carbocycles. The van der Waals surface area contributed by atoms with Crippen LogP contribution >= 0.6 is 9.24 Å². The van der Waals surface area contributed by atoms with Crippen LogP contribution in [0.5, 0.6) is 0 Å². The van der Waals surface area contributed by atoms with Gasteiger partial charge in [0.2, 0.25) is 0 Å². The standard InChI is InChI=1S/C26H28F2N3O2P/c1-3-21-16-19(14-15-29-21)17-6-10-22(11-7-17)31(23-12-13-23)24(32)18-4-8-20(9-5-18)25(2,30-33)26(27,28)34/h1,4-5,8-9,14-17,22-23H,6-7,10-13,34H2,2H3/t17?,22?,25-/m0/s1. The van der Waals surface area contributed by atoms with Crippen molar-refractivity contribution >= 4 is 15.1 Å². The van der Waals surface area contributed by atoms with Crippen molar-refractivity contribution in [3.05, 3.63) is 69.9 Å². The van der Waals surface area contributed by atoms with Crippen molar-refractivity contribution in [3.63, 3.8) is 0 Å². The molecule has 4 rings (SSSR count). The third-order valence-corrected chi connectivity index (χ3v) is 7.76. The van der Waals surface area contributed by atoms with Crippen LogP contribution < -0.4 is 0 Å². The van der Waals surface area contributed by atoms with Crippen LogP contribution in [-0.4, -0.2) is 33.5 Å². The Morgan fingerprint density at radius 3 is 2.21 bits per heavy atom. The first-order valence-corrected chi connectivity index (χ1v) is 12.1. The molecule has 5 nitrogen and oxygen atoms in total. The molecule has 0 N–H and O–H groups in total. The van der Waals surface area contributed by atoms with Crippen LogP contribution in [0.3, 0.4) is 0 Å². The van der Waals surface area contributed by atoms with Crippen LogP contribution in [0.1, 0.15) is 78.5 Å². The van der Waals surface area contributed by atoms with Gasteiger partial charge in [0.25, 0.3) is 11.6 Å². The van der Waals surface area contributed by atoms with Crippen LogP contribution in [0.4, 0.5) is 8.78 Å². The summed E-state index contributed by atoms with van der Waals surface area (Å²) >= 11 is 0. The van der Waals surface area contributed by atoms with Crippen molar-refractivity contribution in [1.82, 2.24) is 9.88 Å². The smallest absolute Gasteiger partial charge is 0.290 e. The number of pyridine rings is 1. The molecule has 1 aromatic heterocycles. The summed E-state index contributed by atoms with van der Waals surface area (Å²) in [6, 6.07) is 10.2. The Morgan fingerprint density at radius 1 is 1.12 bits per heavy atom. The minimum absolute atomic E-state index is 0.0706. The molecule has 0 bridgehead atoms. The zero-order valence-electron chi connectivity index (χ0n) is 19.1. The SMILES string of the molecule is C#Cc1cc(C2CCC(N(C(=O)c3ccc([C@](C)(N=O)C(F)(F)P)cc3)C3CC3)CC2)ccn1. The zero-order valence-corrected chi connectivity index (χ0v) is 20.2. The van der Waals surface area contributed by atoms with Gasteiger partial charge < -0.3 is 4.90 Å². The van der Waals surface area contributed by atoms with E-state index in [-0.39, 0.29) is 23.6 Å². The quantitative estimate of drug-likeness (QED) is 0.282. The number of carbonyl (C=O) groups excluding carboxylic acids is 1. The fourth-order valence-corrected chi connectivity index (χ4v) is 5.06. The Hall–Kier alpha value is -2.71. The molecule has 1 aromatic carbocycles. The van der Waals surface area contributed by atoms with Crippen molar-refractivity contribution in [2.45, 2.75) is 74.7 Å². The highest BCUT2D eigenvalue weighted by atomic mass is 31.0. The van der Waals surface area contributed by atoms with Gasteiger partial charge in [-0.1, -0.05) is 32.5 Å². The number of hydrogen-bond acceptors (Lipinski definition) is 4. The monoisotopic (exact) mass is 483 g/mol. The molecule has 2 fully saturated rings. The molecular formula is C26H28F2N3O2P. The van der Waals surface area contributed by atoms with Gasteiger partial charge in [0.15, 0.2) is 5.54 Å². The van der Waals surface area contributed by atoms with Crippen LogP contribution in [-0.2, 0) is 5.54 Å². The van der Waals surface area contributed by atoms with E-state index in [2.05, 4.69) is 16.1 Å². The number of nitroso groups, excluding NO2 is 1. The highest BCUT2D eigenvalue weighted by molar-refractivity contribution is 7.18. The van der Waals surface area contributed by atoms with E-state index in [4.69, 9.17) is 6.42 Å². The average Bonchev–Trinajstić information content (AvgIpc) is 3.68. The van der Waals surface area contributed by atoms with Gasteiger partial charge in [-0.25, -0.2) is 4.98 Å². The van der Waals surface area contributed by atoms with Gasteiger partial charge in [0.1, 0.15) is 5.69 Å². The van der Waals surface area contributed by atoms with Crippen molar-refractivity contribution in [2.75, 3.05) is 0 Å². The summed E-state index contributed by atoms with van der Waals surface area (Å²) in [4.78, 5) is 30.8. The summed E-state index contributed by atoms with van der Waals surface area (Å²) in [7, 11) is 1.38. The molecule has 0 spiro atoms. The highest BCUT2D eigenvalue weighted by Gasteiger charge is 2.50. The Bertz CT molecular complexity index is 1100. The summed E-state index contributed by atoms with van der Waals surface area (Å²) in [6.07, 6.45) is 12.9. The van der Waals surface area contributed by atoms with Crippen LogP contribution in [0, 0.1) is 17.3 Å². The molecule has 2 atom stereocenters. The second-order valence-corrected chi connectivity index (χ2v) is 10.2. The Morgan fingerprint density at radius 2 is 1.71 bits per heavy atom. The number of alkyl halides is 2. The van der Waals surface area contributed by atoms with Gasteiger partial charge in [-0.3, -0.25) is 4.79 Å². The summed E-state index contributed by atoms with van der Waals surface area (Å²) in [5.74, 6) is 2.89. The van der Waals surface area contributed by atoms with E-state index in [1.54, 1.807) is 6.20 Å². The molecule has 0 radical (unpaired) electrons. The molecule has 1 unspecified atom stereocenters. The molecule has 2 aliphatic rings. The number of rotatable bonds is 7. The molecule has 34 heavy (non-hydrogen) atoms. The summed E-state index contributed by atoms with van der Waals surface area (Å²) in [6.45, 7) is 1.09. The summed E-state index contributed by atoms with van der Waals surface area (Å²) in [5, 5.41) is 2.69. The summed E-state index contributed by atoms with van der Waals surface area (Å²) < 4.78 is 28.0. The number of aromatic nitrogens is 1. The third-order valence-electron chi connectivity index (χ3n) is 7.19. The second-order valence-electron chi connectivity index (χ2n) is 9.43. The van der Waals surface area contributed by atoms with Crippen molar-refractivity contribution < 1.29 is 13.6 Å². The number of benzene rings is 1. The van der Waals surface area contributed by atoms with Crippen molar-refractivity contribution in [2.24, 2.45) is 5.18 Å². The molecule has 0 saturated heterocycles. The van der Waals surface area contributed by atoms with E-state index in [1.165, 1.54) is 39.1 Å². The molecule has 2 saturated carbocycles. The topological polar surface area (TPSA) is 62.6 Å². The third kappa shape index (κ3) is 4.74. The van der Waals surface area contributed by atoms with Gasteiger partial charge in [-0.2, -0.15) is 8.78 Å². The Kier molecular flexibility index (Phi) is 6.82. The molecule has 1 amide bonds. The number of halogens is 2. The molecule has 0 aliphatic heterocycles. The highest BCUT2D eigenvalue weighted by Crippen LogP contribution is 2.45. The lowest BCUT2D eigenvalue weighted by Crippen LogP contribution is -2.43. The lowest BCUT2D eigenvalue weighted by molar-refractivity contribution is 0.0227. The molecule has 2 aromatic rings. The first-order valence-electron chi connectivity index (χ1n) is 11.5. The molecular weight excluding hydrogens is 455 g/mol. The maximum Gasteiger partial charge on any atom is 0.290 e. The van der Waals surface area contributed by atoms with E-state index >= 15 is 0 Å². The number of amides is 1. The van der Waals surface area contributed by atoms with Crippen LogP contribution in [0.2, 0.25) is 0 Å². The normalized spacial score (nSPS) is 22.3. The Balaban J connectivity index is 1.48. The lowest BCUT2D eigenvalue weighted by atomic mass is 9.81. The van der Waals surface area contributed by atoms with Gasteiger partial charge in [-0.05, 0) is 86.8 Å². The first-order chi connectivity index (χ1) is 16.2. The van der Waals surface area contributed by atoms with Crippen molar-refractivity contribution in [3.8, 4) is 12.3 Å². The number of terminal acetylenes is 1. The van der Waals surface area contributed by atoms with Gasteiger partial charge >= 0.3 is 0 Å². The van der Waals surface area contributed by atoms with Crippen molar-refractivity contribution in [1.29, 1.82) is 0 Å². The number of nitrogens with zero attached hydrogens (tertiary/aromatic N) is 3. The maximum atomic E-state index is 14.0. The molecule has 8 heteroatoms. The van der Waals surface area contributed by atoms with E-state index < -0.39 is 11.2 Å². The fraction of sp³-hybridized carbons (Fsp3) is 0.462. The number of hydrogen-bond donors (Lipinski definition) is 0. The number of carbonyl (C=O) groups is 1. The lowest BCUT2D eigenvalue weighted by Gasteiger charge is -2.37. The summed E-state index contributed by atoms with van der Waals surface area (Å²) in [5.41, 5.74) is -3.29. The van der Waals surface area contributed by atoms with Gasteiger partial charge in [0, 0.05) is 23.8 Å². The Labute approximate surface area is 200 Å². The maximum absolute atomic E-state index is 14.0. The molecule has 1 heterocycles. The minimum Gasteiger partial charge on any atom is -0.333 e. The van der Waals surface area contributed by atoms with Gasteiger partial charge in [-0.15, -0.1) is 11.3 Å². The fourth-order valence-electron chi connectivity index (χ4n) is 4.84. The zero-order chi connectivity index (χ0) is 24.5. The largest absolute Gasteiger partial charge is 0.333 e. The second kappa shape index (κ2) is 9.50. The van der Waals surface area contributed by atoms with Crippen LogP contribution in [0.25, 0.3) is 0 Å². The predicted molar refractivity (Wildman–Crippen MR) is 131 cm³/mol. The van der Waals surface area contributed by atoms with Gasteiger partial charge in [0.05, 0.1) is 0 Å². The van der Waals surface area contributed by atoms with Crippen LogP contribution in [0.15, 0.2) is 47.8 Å². The minimum atomic E-state index is -3.41. The average molecular weight is 483 g/mol. The predicted octanol–water partition coefficient (Wildman–Crippen LogP) is 5.84. The van der Waals surface area contributed by atoms with E-state index in [0.29, 0.717) is 17.2 Å². The molecule has 178 valence electrons. The first kappa shape index (κ1) is 24.4. The van der Waals surface area contributed by atoms with E-state index in [9.17, 15) is 18.5 Å². The van der Waals surface area contributed by atoms with E-state index in [1.807, 2.05) is 17.0 Å².